The fourth-order valence-electron chi connectivity index (χ4n) is 2.66. The lowest BCUT2D eigenvalue weighted by Gasteiger charge is -2.27. The summed E-state index contributed by atoms with van der Waals surface area (Å²) in [4.78, 5) is 23.2. The Morgan fingerprint density at radius 1 is 1.18 bits per heavy atom. The molecule has 1 aliphatic rings. The summed E-state index contributed by atoms with van der Waals surface area (Å²) in [5, 5.41) is 5.70. The van der Waals surface area contributed by atoms with Crippen molar-refractivity contribution in [2.24, 2.45) is 0 Å². The van der Waals surface area contributed by atoms with Crippen LogP contribution in [0.15, 0.2) is 48.5 Å². The van der Waals surface area contributed by atoms with E-state index in [4.69, 9.17) is 11.6 Å². The van der Waals surface area contributed by atoms with E-state index in [9.17, 15) is 9.59 Å². The average Bonchev–Trinajstić information content (AvgIpc) is 2.54. The molecular formula is C17H15ClN2O2. The van der Waals surface area contributed by atoms with E-state index in [-0.39, 0.29) is 23.7 Å². The quantitative estimate of drug-likeness (QED) is 0.856. The summed E-state index contributed by atoms with van der Waals surface area (Å²) in [6.45, 7) is 0. The van der Waals surface area contributed by atoms with Crippen molar-refractivity contribution in [2.45, 2.75) is 12.5 Å². The third kappa shape index (κ3) is 2.97. The molecule has 0 saturated carbocycles. The molecule has 0 aromatic heterocycles. The summed E-state index contributed by atoms with van der Waals surface area (Å²) in [5.41, 5.74) is 3.82. The molecule has 2 aromatic carbocycles. The lowest BCUT2D eigenvalue weighted by Crippen LogP contribution is -2.35. The third-order valence-electron chi connectivity index (χ3n) is 3.67. The van der Waals surface area contributed by atoms with Gasteiger partial charge in [-0.05, 0) is 28.8 Å². The van der Waals surface area contributed by atoms with Gasteiger partial charge in [0.05, 0.1) is 12.5 Å². The van der Waals surface area contributed by atoms with Gasteiger partial charge in [0.15, 0.2) is 0 Å². The van der Waals surface area contributed by atoms with E-state index in [1.165, 1.54) is 0 Å². The minimum atomic E-state index is -0.245. The van der Waals surface area contributed by atoms with Crippen molar-refractivity contribution >= 4 is 29.1 Å². The number of benzene rings is 2. The molecule has 3 rings (SSSR count). The SMILES string of the molecule is O=C(CCl)Nc1ccc([C@@H]2NC(=O)Cc3ccccc32)cc1. The van der Waals surface area contributed by atoms with Crippen LogP contribution in [0.4, 0.5) is 5.69 Å². The molecule has 0 unspecified atom stereocenters. The summed E-state index contributed by atoms with van der Waals surface area (Å²) >= 11 is 5.47. The summed E-state index contributed by atoms with van der Waals surface area (Å²) in [6.07, 6.45) is 0.413. The number of hydrogen-bond donors (Lipinski definition) is 2. The third-order valence-corrected chi connectivity index (χ3v) is 3.91. The predicted molar refractivity (Wildman–Crippen MR) is 85.9 cm³/mol. The van der Waals surface area contributed by atoms with E-state index >= 15 is 0 Å². The van der Waals surface area contributed by atoms with Crippen LogP contribution in [-0.4, -0.2) is 17.7 Å². The zero-order valence-corrected chi connectivity index (χ0v) is 12.6. The van der Waals surface area contributed by atoms with Crippen LogP contribution in [0.1, 0.15) is 22.7 Å². The molecule has 5 heteroatoms. The van der Waals surface area contributed by atoms with E-state index in [2.05, 4.69) is 10.6 Å². The molecule has 0 fully saturated rings. The van der Waals surface area contributed by atoms with Crippen molar-refractivity contribution in [1.29, 1.82) is 0 Å². The lowest BCUT2D eigenvalue weighted by atomic mass is 9.89. The molecule has 22 heavy (non-hydrogen) atoms. The van der Waals surface area contributed by atoms with Crippen LogP contribution in [0.2, 0.25) is 0 Å². The maximum Gasteiger partial charge on any atom is 0.239 e. The summed E-state index contributed by atoms with van der Waals surface area (Å²) in [7, 11) is 0. The number of carbonyl (C=O) groups is 2. The molecule has 4 nitrogen and oxygen atoms in total. The van der Waals surface area contributed by atoms with Crippen molar-refractivity contribution in [3.63, 3.8) is 0 Å². The van der Waals surface area contributed by atoms with Crippen LogP contribution in [0.5, 0.6) is 0 Å². The van der Waals surface area contributed by atoms with Gasteiger partial charge in [-0.25, -0.2) is 0 Å². The molecular weight excluding hydrogens is 300 g/mol. The highest BCUT2D eigenvalue weighted by Crippen LogP contribution is 2.29. The first-order valence-electron chi connectivity index (χ1n) is 7.00. The average molecular weight is 315 g/mol. The second-order valence-electron chi connectivity index (χ2n) is 5.18. The molecule has 1 atom stereocenters. The Balaban J connectivity index is 1.88. The Morgan fingerprint density at radius 3 is 2.64 bits per heavy atom. The minimum Gasteiger partial charge on any atom is -0.345 e. The van der Waals surface area contributed by atoms with Gasteiger partial charge < -0.3 is 10.6 Å². The molecule has 2 amide bonds. The summed E-state index contributed by atoms with van der Waals surface area (Å²) in [6, 6.07) is 15.2. The van der Waals surface area contributed by atoms with E-state index in [0.29, 0.717) is 12.1 Å². The molecule has 2 aromatic rings. The Hall–Kier alpha value is -2.33. The monoisotopic (exact) mass is 314 g/mol. The molecule has 112 valence electrons. The number of amides is 2. The molecule has 1 heterocycles. The van der Waals surface area contributed by atoms with Crippen LogP contribution >= 0.6 is 11.6 Å². The molecule has 0 saturated heterocycles. The van der Waals surface area contributed by atoms with Crippen LogP contribution in [-0.2, 0) is 16.0 Å². The van der Waals surface area contributed by atoms with Crippen molar-refractivity contribution < 1.29 is 9.59 Å². The van der Waals surface area contributed by atoms with Crippen molar-refractivity contribution in [2.75, 3.05) is 11.2 Å². The molecule has 0 bridgehead atoms. The number of halogens is 1. The predicted octanol–water partition coefficient (Wildman–Crippen LogP) is 2.63. The van der Waals surface area contributed by atoms with Gasteiger partial charge in [0.25, 0.3) is 0 Å². The van der Waals surface area contributed by atoms with Gasteiger partial charge in [-0.1, -0.05) is 36.4 Å². The van der Waals surface area contributed by atoms with Crippen molar-refractivity contribution in [1.82, 2.24) is 5.32 Å². The van der Waals surface area contributed by atoms with Gasteiger partial charge in [0, 0.05) is 5.69 Å². The molecule has 0 radical (unpaired) electrons. The number of nitrogens with one attached hydrogen (secondary N) is 2. The van der Waals surface area contributed by atoms with Crippen LogP contribution in [0, 0.1) is 0 Å². The Labute approximate surface area is 133 Å². The molecule has 1 aliphatic heterocycles. The second kappa shape index (κ2) is 6.20. The van der Waals surface area contributed by atoms with Crippen LogP contribution in [0.3, 0.4) is 0 Å². The first kappa shape index (κ1) is 14.6. The number of alkyl halides is 1. The molecule has 0 aliphatic carbocycles. The van der Waals surface area contributed by atoms with Crippen molar-refractivity contribution in [3.8, 4) is 0 Å². The fraction of sp³-hybridized carbons (Fsp3) is 0.176. The van der Waals surface area contributed by atoms with E-state index < -0.39 is 0 Å². The number of carbonyl (C=O) groups excluding carboxylic acids is 2. The minimum absolute atomic E-state index is 0.0169. The zero-order chi connectivity index (χ0) is 15.5. The first-order valence-corrected chi connectivity index (χ1v) is 7.54. The zero-order valence-electron chi connectivity index (χ0n) is 11.8. The topological polar surface area (TPSA) is 58.2 Å². The summed E-state index contributed by atoms with van der Waals surface area (Å²) < 4.78 is 0. The highest BCUT2D eigenvalue weighted by Gasteiger charge is 2.25. The fourth-order valence-corrected chi connectivity index (χ4v) is 2.72. The van der Waals surface area contributed by atoms with E-state index in [1.807, 2.05) is 48.5 Å². The van der Waals surface area contributed by atoms with E-state index in [1.54, 1.807) is 0 Å². The first-order chi connectivity index (χ1) is 10.7. The maximum absolute atomic E-state index is 11.9. The van der Waals surface area contributed by atoms with Gasteiger partial charge in [-0.3, -0.25) is 9.59 Å². The van der Waals surface area contributed by atoms with Gasteiger partial charge in [0.1, 0.15) is 5.88 Å². The van der Waals surface area contributed by atoms with Crippen molar-refractivity contribution in [3.05, 3.63) is 65.2 Å². The smallest absolute Gasteiger partial charge is 0.239 e. The normalized spacial score (nSPS) is 16.6. The maximum atomic E-state index is 11.9. The van der Waals surface area contributed by atoms with Crippen LogP contribution < -0.4 is 10.6 Å². The number of anilines is 1. The Kier molecular flexibility index (Phi) is 4.11. The number of fused-ring (bicyclic) bond motifs is 1. The highest BCUT2D eigenvalue weighted by molar-refractivity contribution is 6.29. The standard InChI is InChI=1S/C17H15ClN2O2/c18-10-16(22)19-13-7-5-11(6-8-13)17-14-4-2-1-3-12(14)9-15(21)20-17/h1-8,17H,9-10H2,(H,19,22)(H,20,21)/t17-/m0/s1. The Bertz CT molecular complexity index is 713. The number of rotatable bonds is 3. The van der Waals surface area contributed by atoms with Crippen LogP contribution in [0.25, 0.3) is 0 Å². The summed E-state index contributed by atoms with van der Waals surface area (Å²) in [5.74, 6) is -0.303. The van der Waals surface area contributed by atoms with Gasteiger partial charge in [0.2, 0.25) is 11.8 Å². The van der Waals surface area contributed by atoms with Gasteiger partial charge >= 0.3 is 0 Å². The lowest BCUT2D eigenvalue weighted by molar-refractivity contribution is -0.121. The number of hydrogen-bond acceptors (Lipinski definition) is 2. The Morgan fingerprint density at radius 2 is 1.91 bits per heavy atom. The molecule has 2 N–H and O–H groups in total. The largest absolute Gasteiger partial charge is 0.345 e. The van der Waals surface area contributed by atoms with Gasteiger partial charge in [-0.15, -0.1) is 11.6 Å². The van der Waals surface area contributed by atoms with E-state index in [0.717, 1.165) is 16.7 Å². The highest BCUT2D eigenvalue weighted by atomic mass is 35.5. The molecule has 0 spiro atoms. The second-order valence-corrected chi connectivity index (χ2v) is 5.45. The van der Waals surface area contributed by atoms with Gasteiger partial charge in [-0.2, -0.15) is 0 Å².